The summed E-state index contributed by atoms with van der Waals surface area (Å²) in [7, 11) is 0. The summed E-state index contributed by atoms with van der Waals surface area (Å²) in [5.74, 6) is -4.47. The van der Waals surface area contributed by atoms with Crippen LogP contribution >= 0.6 is 11.8 Å². The Bertz CT molecular complexity index is 874. The van der Waals surface area contributed by atoms with E-state index in [-0.39, 0.29) is 22.2 Å². The number of halogens is 9. The third kappa shape index (κ3) is 7.08. The zero-order valence-corrected chi connectivity index (χ0v) is 15.8. The maximum Gasteiger partial charge on any atom is 0.419 e. The van der Waals surface area contributed by atoms with Crippen LogP contribution < -0.4 is 0 Å². The first-order valence-electron chi connectivity index (χ1n) is 8.25. The molecule has 1 saturated heterocycles. The summed E-state index contributed by atoms with van der Waals surface area (Å²) < 4.78 is 114. The number of phenols is 1. The summed E-state index contributed by atoms with van der Waals surface area (Å²) in [6.45, 7) is -1.16. The minimum Gasteiger partial charge on any atom is -0.507 e. The van der Waals surface area contributed by atoms with Gasteiger partial charge in [-0.05, 0) is 41.5 Å². The quantitative estimate of drug-likeness (QED) is 0.416. The molecule has 1 aliphatic rings. The standard InChI is InChI=1S/C17H12F9NO3S/c18-15(19,20)5-9(6-16(21,22)23)7-27-13(29)12(31-14(27)30)4-8-1-2-11(28)10(3-8)17(24,25)26/h1-4,9,28H,5-7H2/b12-4-. The Balaban J connectivity index is 2.27. The molecule has 1 N–H and O–H groups in total. The monoisotopic (exact) mass is 481 g/mol. The highest BCUT2D eigenvalue weighted by Gasteiger charge is 2.43. The summed E-state index contributed by atoms with van der Waals surface area (Å²) in [6, 6.07) is 2.13. The van der Waals surface area contributed by atoms with Crippen LogP contribution in [0, 0.1) is 5.92 Å². The van der Waals surface area contributed by atoms with Gasteiger partial charge in [-0.1, -0.05) is 6.07 Å². The zero-order valence-electron chi connectivity index (χ0n) is 15.0. The number of amides is 2. The summed E-state index contributed by atoms with van der Waals surface area (Å²) in [5, 5.41) is 8.14. The van der Waals surface area contributed by atoms with Crippen LogP contribution in [0.1, 0.15) is 24.0 Å². The Hall–Kier alpha value is -2.38. The fourth-order valence-corrected chi connectivity index (χ4v) is 3.64. The van der Waals surface area contributed by atoms with Gasteiger partial charge >= 0.3 is 18.5 Å². The summed E-state index contributed by atoms with van der Waals surface area (Å²) >= 11 is 0.164. The predicted octanol–water partition coefficient (Wildman–Crippen LogP) is 5.97. The molecule has 0 spiro atoms. The molecule has 0 unspecified atom stereocenters. The Labute approximate surface area is 172 Å². The van der Waals surface area contributed by atoms with Gasteiger partial charge in [0.15, 0.2) is 0 Å². The molecule has 2 rings (SSSR count). The van der Waals surface area contributed by atoms with Gasteiger partial charge in [-0.2, -0.15) is 39.5 Å². The van der Waals surface area contributed by atoms with E-state index < -0.39 is 71.2 Å². The van der Waals surface area contributed by atoms with Gasteiger partial charge in [0.1, 0.15) is 5.75 Å². The van der Waals surface area contributed by atoms with Crippen molar-refractivity contribution >= 4 is 29.0 Å². The molecular weight excluding hydrogens is 469 g/mol. The SMILES string of the molecule is O=C1S/C(=C\c2ccc(O)c(C(F)(F)F)c2)C(=O)N1CC(CC(F)(F)F)CC(F)(F)F. The zero-order chi connectivity index (χ0) is 23.8. The van der Waals surface area contributed by atoms with Crippen LogP contribution in [-0.2, 0) is 11.0 Å². The van der Waals surface area contributed by atoms with Crippen LogP contribution in [0.3, 0.4) is 0 Å². The summed E-state index contributed by atoms with van der Waals surface area (Å²) in [4.78, 5) is 24.0. The number of phenolic OH excluding ortho intramolecular Hbond substituents is 1. The van der Waals surface area contributed by atoms with Crippen molar-refractivity contribution in [3.8, 4) is 5.75 Å². The van der Waals surface area contributed by atoms with Gasteiger partial charge in [-0.25, -0.2) is 0 Å². The summed E-state index contributed by atoms with van der Waals surface area (Å²) in [5.41, 5.74) is -1.70. The average Bonchev–Trinajstić information content (AvgIpc) is 2.80. The topological polar surface area (TPSA) is 57.6 Å². The fraction of sp³-hybridized carbons (Fsp3) is 0.412. The van der Waals surface area contributed by atoms with Crippen molar-refractivity contribution in [2.45, 2.75) is 31.4 Å². The number of alkyl halides is 9. The molecule has 31 heavy (non-hydrogen) atoms. The van der Waals surface area contributed by atoms with Crippen molar-refractivity contribution in [1.29, 1.82) is 0 Å². The van der Waals surface area contributed by atoms with E-state index in [4.69, 9.17) is 0 Å². The van der Waals surface area contributed by atoms with Crippen molar-refractivity contribution in [3.05, 3.63) is 34.2 Å². The molecule has 0 aromatic heterocycles. The van der Waals surface area contributed by atoms with Crippen molar-refractivity contribution in [3.63, 3.8) is 0 Å². The van der Waals surface area contributed by atoms with E-state index in [0.29, 0.717) is 12.1 Å². The lowest BCUT2D eigenvalue weighted by molar-refractivity contribution is -0.174. The first-order chi connectivity index (χ1) is 14.0. The van der Waals surface area contributed by atoms with Crippen LogP contribution in [0.15, 0.2) is 23.1 Å². The van der Waals surface area contributed by atoms with Gasteiger partial charge in [0.25, 0.3) is 11.1 Å². The molecule has 1 aromatic rings. The molecule has 0 atom stereocenters. The number of carbonyl (C=O) groups excluding carboxylic acids is 2. The van der Waals surface area contributed by atoms with Crippen LogP contribution in [0.25, 0.3) is 6.08 Å². The predicted molar refractivity (Wildman–Crippen MR) is 90.6 cm³/mol. The number of carbonyl (C=O) groups is 2. The van der Waals surface area contributed by atoms with Crippen molar-refractivity contribution < 1.29 is 54.2 Å². The Morgan fingerprint density at radius 2 is 1.52 bits per heavy atom. The lowest BCUT2D eigenvalue weighted by Crippen LogP contribution is -2.36. The molecule has 0 saturated carbocycles. The molecule has 14 heteroatoms. The molecule has 1 heterocycles. The molecule has 0 aliphatic carbocycles. The van der Waals surface area contributed by atoms with Crippen molar-refractivity contribution in [2.24, 2.45) is 5.92 Å². The second-order valence-electron chi connectivity index (χ2n) is 6.57. The minimum absolute atomic E-state index is 0.164. The van der Waals surface area contributed by atoms with E-state index in [2.05, 4.69) is 0 Å². The van der Waals surface area contributed by atoms with E-state index in [1.54, 1.807) is 0 Å². The molecular formula is C17H12F9NO3S. The Kier molecular flexibility index (Phi) is 6.93. The number of hydrogen-bond acceptors (Lipinski definition) is 4. The van der Waals surface area contributed by atoms with Crippen molar-refractivity contribution in [1.82, 2.24) is 4.90 Å². The summed E-state index contributed by atoms with van der Waals surface area (Å²) in [6.07, 6.45) is -17.8. The average molecular weight is 481 g/mol. The number of aromatic hydroxyl groups is 1. The fourth-order valence-electron chi connectivity index (χ4n) is 2.79. The lowest BCUT2D eigenvalue weighted by Gasteiger charge is -2.23. The van der Waals surface area contributed by atoms with Crippen LogP contribution in [-0.4, -0.2) is 40.1 Å². The largest absolute Gasteiger partial charge is 0.507 e. The third-order valence-corrected chi connectivity index (χ3v) is 4.89. The highest BCUT2D eigenvalue weighted by atomic mass is 32.2. The van der Waals surface area contributed by atoms with Gasteiger partial charge in [0.05, 0.1) is 10.5 Å². The number of imide groups is 1. The first-order valence-corrected chi connectivity index (χ1v) is 9.07. The van der Waals surface area contributed by atoms with E-state index in [1.807, 2.05) is 0 Å². The van der Waals surface area contributed by atoms with Gasteiger partial charge in [0.2, 0.25) is 0 Å². The first kappa shape index (κ1) is 24.9. The Morgan fingerprint density at radius 1 is 0.968 bits per heavy atom. The van der Waals surface area contributed by atoms with E-state index in [0.717, 1.165) is 12.1 Å². The van der Waals surface area contributed by atoms with Crippen LogP contribution in [0.4, 0.5) is 44.3 Å². The molecule has 1 aromatic carbocycles. The van der Waals surface area contributed by atoms with Gasteiger partial charge in [-0.15, -0.1) is 0 Å². The van der Waals surface area contributed by atoms with Gasteiger partial charge in [-0.3, -0.25) is 14.5 Å². The number of nitrogens with zero attached hydrogens (tertiary/aromatic N) is 1. The smallest absolute Gasteiger partial charge is 0.419 e. The maximum absolute atomic E-state index is 12.9. The molecule has 0 bridgehead atoms. The molecule has 4 nitrogen and oxygen atoms in total. The minimum atomic E-state index is -4.98. The van der Waals surface area contributed by atoms with Crippen LogP contribution in [0.5, 0.6) is 5.75 Å². The van der Waals surface area contributed by atoms with Gasteiger partial charge < -0.3 is 5.11 Å². The molecule has 1 aliphatic heterocycles. The lowest BCUT2D eigenvalue weighted by atomic mass is 10.00. The number of hydrogen-bond donors (Lipinski definition) is 1. The van der Waals surface area contributed by atoms with Gasteiger partial charge in [0, 0.05) is 19.4 Å². The maximum atomic E-state index is 12.9. The number of benzene rings is 1. The Morgan fingerprint density at radius 3 is 2.00 bits per heavy atom. The normalized spacial score (nSPS) is 17.4. The molecule has 2 amide bonds. The van der Waals surface area contributed by atoms with E-state index in [1.165, 1.54) is 0 Å². The van der Waals surface area contributed by atoms with Crippen LogP contribution in [0.2, 0.25) is 0 Å². The molecule has 0 radical (unpaired) electrons. The number of thioether (sulfide) groups is 1. The van der Waals surface area contributed by atoms with E-state index in [9.17, 15) is 54.2 Å². The highest BCUT2D eigenvalue weighted by molar-refractivity contribution is 8.18. The highest BCUT2D eigenvalue weighted by Crippen LogP contribution is 2.39. The number of rotatable bonds is 5. The molecule has 1 fully saturated rings. The third-order valence-electron chi connectivity index (χ3n) is 3.98. The second-order valence-corrected chi connectivity index (χ2v) is 7.56. The van der Waals surface area contributed by atoms with Crippen molar-refractivity contribution in [2.75, 3.05) is 6.54 Å². The molecule has 172 valence electrons. The second kappa shape index (κ2) is 8.63. The van der Waals surface area contributed by atoms with E-state index >= 15 is 0 Å².